The Balaban J connectivity index is 1.31. The third kappa shape index (κ3) is 3.74. The molecule has 36 heavy (non-hydrogen) atoms. The molecule has 0 unspecified atom stereocenters. The summed E-state index contributed by atoms with van der Waals surface area (Å²) in [6.45, 7) is 0.556. The number of carbonyl (C=O) groups is 2. The van der Waals surface area contributed by atoms with Crippen molar-refractivity contribution in [1.82, 2.24) is 24.1 Å². The molecule has 10 heteroatoms. The van der Waals surface area contributed by atoms with Gasteiger partial charge in [0.2, 0.25) is 0 Å². The highest BCUT2D eigenvalue weighted by Gasteiger charge is 2.29. The minimum absolute atomic E-state index is 0.0179. The third-order valence-electron chi connectivity index (χ3n) is 7.00. The van der Waals surface area contributed by atoms with Crippen molar-refractivity contribution >= 4 is 34.4 Å². The normalized spacial score (nSPS) is 15.2. The summed E-state index contributed by atoms with van der Waals surface area (Å²) in [5, 5.41) is 3.45. The molecule has 182 valence electrons. The Morgan fingerprint density at radius 1 is 1.14 bits per heavy atom. The predicted octanol–water partition coefficient (Wildman–Crippen LogP) is 2.96. The monoisotopic (exact) mass is 483 g/mol. The number of anilines is 2. The molecule has 2 aliphatic rings. The van der Waals surface area contributed by atoms with Crippen LogP contribution in [0.25, 0.3) is 22.2 Å². The average molecular weight is 484 g/mol. The van der Waals surface area contributed by atoms with Crippen molar-refractivity contribution in [3.63, 3.8) is 0 Å². The van der Waals surface area contributed by atoms with Gasteiger partial charge in [-0.1, -0.05) is 0 Å². The third-order valence-corrected chi connectivity index (χ3v) is 7.00. The number of ketones is 1. The van der Waals surface area contributed by atoms with Crippen molar-refractivity contribution in [2.75, 3.05) is 11.1 Å². The smallest absolute Gasteiger partial charge is 0.263 e. The topological polar surface area (TPSA) is 138 Å². The summed E-state index contributed by atoms with van der Waals surface area (Å²) < 4.78 is 3.52. The number of pyridine rings is 2. The van der Waals surface area contributed by atoms with Crippen LogP contribution in [0.5, 0.6) is 0 Å². The van der Waals surface area contributed by atoms with E-state index in [4.69, 9.17) is 5.73 Å². The van der Waals surface area contributed by atoms with E-state index in [1.54, 1.807) is 16.8 Å². The first-order chi connectivity index (χ1) is 17.4. The predicted molar refractivity (Wildman–Crippen MR) is 135 cm³/mol. The molecule has 1 amide bonds. The van der Waals surface area contributed by atoms with E-state index in [9.17, 15) is 14.4 Å². The molecule has 1 saturated carbocycles. The van der Waals surface area contributed by atoms with Crippen LogP contribution in [-0.4, -0.2) is 35.8 Å². The van der Waals surface area contributed by atoms with Crippen LogP contribution in [0.3, 0.4) is 0 Å². The number of nitrogens with one attached hydrogen (secondary N) is 1. The van der Waals surface area contributed by atoms with Gasteiger partial charge in [0, 0.05) is 54.8 Å². The largest absolute Gasteiger partial charge is 0.383 e. The molecule has 0 atom stereocenters. The average Bonchev–Trinajstić information content (AvgIpc) is 3.63. The van der Waals surface area contributed by atoms with Crippen LogP contribution in [0.1, 0.15) is 52.1 Å². The molecular weight excluding hydrogens is 458 g/mol. The first kappa shape index (κ1) is 22.1. The van der Waals surface area contributed by atoms with Gasteiger partial charge >= 0.3 is 0 Å². The molecule has 0 aromatic carbocycles. The van der Waals surface area contributed by atoms with Crippen molar-refractivity contribution < 1.29 is 9.59 Å². The Morgan fingerprint density at radius 3 is 2.72 bits per heavy atom. The molecule has 0 saturated heterocycles. The number of amides is 1. The van der Waals surface area contributed by atoms with E-state index in [2.05, 4.69) is 20.3 Å². The van der Waals surface area contributed by atoms with Crippen LogP contribution in [0, 0.1) is 5.92 Å². The molecule has 0 radical (unpaired) electrons. The summed E-state index contributed by atoms with van der Waals surface area (Å²) in [7, 11) is 1.87. The lowest BCUT2D eigenvalue weighted by molar-refractivity contribution is 0.0970. The van der Waals surface area contributed by atoms with Gasteiger partial charge in [0.15, 0.2) is 5.78 Å². The second-order valence-corrected chi connectivity index (χ2v) is 9.55. The van der Waals surface area contributed by atoms with Gasteiger partial charge in [-0.15, -0.1) is 0 Å². The maximum atomic E-state index is 13.3. The molecule has 10 nitrogen and oxygen atoms in total. The highest BCUT2D eigenvalue weighted by Crippen LogP contribution is 2.33. The first-order valence-electron chi connectivity index (χ1n) is 12.0. The summed E-state index contributed by atoms with van der Waals surface area (Å²) in [5.74, 6) is 0.511. The maximum absolute atomic E-state index is 13.3. The summed E-state index contributed by atoms with van der Waals surface area (Å²) in [6, 6.07) is 4.94. The zero-order valence-electron chi connectivity index (χ0n) is 19.8. The highest BCUT2D eigenvalue weighted by atomic mass is 16.2. The number of nitrogen functional groups attached to an aromatic ring is 1. The summed E-state index contributed by atoms with van der Waals surface area (Å²) in [4.78, 5) is 51.8. The van der Waals surface area contributed by atoms with E-state index in [1.807, 2.05) is 23.9 Å². The Labute approximate surface area is 206 Å². The Morgan fingerprint density at radius 2 is 1.97 bits per heavy atom. The fourth-order valence-electron chi connectivity index (χ4n) is 4.94. The molecule has 6 rings (SSSR count). The quantitative estimate of drug-likeness (QED) is 0.445. The Hall–Kier alpha value is -4.34. The Kier molecular flexibility index (Phi) is 5.17. The zero-order chi connectivity index (χ0) is 25.0. The number of nitrogens with two attached hydrogens (primary N) is 1. The molecule has 4 aromatic heterocycles. The van der Waals surface area contributed by atoms with Gasteiger partial charge in [-0.3, -0.25) is 14.4 Å². The van der Waals surface area contributed by atoms with Crippen molar-refractivity contribution in [2.24, 2.45) is 13.0 Å². The number of aryl methyl sites for hydroxylation is 1. The SMILES string of the molecule is Cn1cc(-c2ccc(NC(=O)c3cc4c(n(CC5CC5)c3=O)CCCC4=O)nc2)c2c(N)ncnc21. The number of hydrogen-bond donors (Lipinski definition) is 2. The molecule has 0 spiro atoms. The van der Waals surface area contributed by atoms with E-state index in [-0.39, 0.29) is 16.9 Å². The van der Waals surface area contributed by atoms with Crippen molar-refractivity contribution in [3.8, 4) is 11.1 Å². The van der Waals surface area contributed by atoms with Crippen LogP contribution in [0.2, 0.25) is 0 Å². The van der Waals surface area contributed by atoms with Gasteiger partial charge in [-0.2, -0.15) is 0 Å². The zero-order valence-corrected chi connectivity index (χ0v) is 19.8. The van der Waals surface area contributed by atoms with Gasteiger partial charge in [0.25, 0.3) is 11.5 Å². The lowest BCUT2D eigenvalue weighted by Crippen LogP contribution is -2.35. The minimum atomic E-state index is -0.575. The fraction of sp³-hybridized carbons (Fsp3) is 0.308. The number of carbonyl (C=O) groups excluding carboxylic acids is 2. The summed E-state index contributed by atoms with van der Waals surface area (Å²) in [5.41, 5.74) is 9.28. The van der Waals surface area contributed by atoms with Gasteiger partial charge in [0.1, 0.15) is 29.2 Å². The summed E-state index contributed by atoms with van der Waals surface area (Å²) in [6.07, 6.45) is 8.92. The number of rotatable bonds is 5. The molecule has 4 aromatic rings. The van der Waals surface area contributed by atoms with Gasteiger partial charge in [-0.25, -0.2) is 15.0 Å². The van der Waals surface area contributed by atoms with Gasteiger partial charge in [0.05, 0.1) is 5.39 Å². The number of fused-ring (bicyclic) bond motifs is 2. The van der Waals surface area contributed by atoms with Crippen LogP contribution >= 0.6 is 0 Å². The summed E-state index contributed by atoms with van der Waals surface area (Å²) >= 11 is 0. The highest BCUT2D eigenvalue weighted by molar-refractivity contribution is 6.06. The Bertz CT molecular complexity index is 1600. The fourth-order valence-corrected chi connectivity index (χ4v) is 4.94. The molecule has 3 N–H and O–H groups in total. The minimum Gasteiger partial charge on any atom is -0.383 e. The molecule has 4 heterocycles. The van der Waals surface area contributed by atoms with Crippen LogP contribution in [-0.2, 0) is 20.0 Å². The van der Waals surface area contributed by atoms with Crippen LogP contribution in [0.15, 0.2) is 41.7 Å². The molecule has 2 aliphatic carbocycles. The second kappa shape index (κ2) is 8.40. The van der Waals surface area contributed by atoms with Gasteiger partial charge in [-0.05, 0) is 49.8 Å². The van der Waals surface area contributed by atoms with Crippen LogP contribution in [0.4, 0.5) is 11.6 Å². The van der Waals surface area contributed by atoms with E-state index >= 15 is 0 Å². The van der Waals surface area contributed by atoms with E-state index < -0.39 is 5.91 Å². The van der Waals surface area contributed by atoms with Crippen molar-refractivity contribution in [3.05, 3.63) is 64.1 Å². The second-order valence-electron chi connectivity index (χ2n) is 9.55. The van der Waals surface area contributed by atoms with Crippen LogP contribution < -0.4 is 16.6 Å². The van der Waals surface area contributed by atoms with Crippen molar-refractivity contribution in [2.45, 2.75) is 38.6 Å². The molecule has 0 bridgehead atoms. The molecular formula is C26H25N7O3. The van der Waals surface area contributed by atoms with Crippen molar-refractivity contribution in [1.29, 1.82) is 0 Å². The number of Topliss-reactive ketones (excluding diaryl/α,β-unsaturated/α-hetero) is 1. The maximum Gasteiger partial charge on any atom is 0.263 e. The number of aromatic nitrogens is 5. The van der Waals surface area contributed by atoms with Gasteiger partial charge < -0.3 is 20.2 Å². The lowest BCUT2D eigenvalue weighted by atomic mass is 9.93. The lowest BCUT2D eigenvalue weighted by Gasteiger charge is -2.21. The first-order valence-corrected chi connectivity index (χ1v) is 12.0. The van der Waals surface area contributed by atoms with E-state index in [1.165, 1.54) is 12.4 Å². The standard InChI is InChI=1S/C26H25N7O3/c1-32-12-18(22-23(27)29-13-30-24(22)32)15-7-8-21(28-10-15)31-25(35)17-9-16-19(3-2-4-20(16)34)33(26(17)36)11-14-5-6-14/h7-10,12-14H,2-6,11H2,1H3,(H2,27,29,30)(H,28,31,35). The number of hydrogen-bond acceptors (Lipinski definition) is 7. The molecule has 1 fully saturated rings. The molecule has 0 aliphatic heterocycles. The van der Waals surface area contributed by atoms with E-state index in [0.29, 0.717) is 48.2 Å². The number of nitrogens with zero attached hydrogens (tertiary/aromatic N) is 5. The van der Waals surface area contributed by atoms with E-state index in [0.717, 1.165) is 41.5 Å².